The summed E-state index contributed by atoms with van der Waals surface area (Å²) in [6.45, 7) is 4.13. The maximum Gasteiger partial charge on any atom is 0.226 e. The van der Waals surface area contributed by atoms with E-state index < -0.39 is 0 Å². The fourth-order valence-electron chi connectivity index (χ4n) is 6.92. The number of aromatic nitrogens is 1. The lowest BCUT2D eigenvalue weighted by Crippen LogP contribution is -2.44. The number of aryl methyl sites for hydroxylation is 1. The number of ketones is 1. The Bertz CT molecular complexity index is 1080. The molecule has 3 unspecified atom stereocenters. The number of hydrogen-bond donors (Lipinski definition) is 3. The first-order valence-electron chi connectivity index (χ1n) is 11.6. The molecule has 0 radical (unpaired) electrons. The molecule has 4 N–H and O–H groups in total. The highest BCUT2D eigenvalue weighted by atomic mass is 32.1. The summed E-state index contributed by atoms with van der Waals surface area (Å²) >= 11 is 1.48. The molecule has 6 nitrogen and oxygen atoms in total. The lowest BCUT2D eigenvalue weighted by molar-refractivity contribution is -0.129. The van der Waals surface area contributed by atoms with E-state index in [1.165, 1.54) is 16.9 Å². The van der Waals surface area contributed by atoms with Gasteiger partial charge in [-0.1, -0.05) is 13.0 Å². The molecule has 3 aliphatic carbocycles. The first-order chi connectivity index (χ1) is 15.3. The average Bonchev–Trinajstić information content (AvgIpc) is 3.28. The van der Waals surface area contributed by atoms with Crippen molar-refractivity contribution in [3.8, 4) is 5.75 Å². The lowest BCUT2D eigenvalue weighted by Gasteiger charge is -2.50. The molecule has 0 aliphatic heterocycles. The number of benzene rings is 1. The summed E-state index contributed by atoms with van der Waals surface area (Å²) in [5.41, 5.74) is 8.78. The van der Waals surface area contributed by atoms with Crippen LogP contribution < -0.4 is 11.1 Å². The second-order valence-corrected chi connectivity index (χ2v) is 11.3. The van der Waals surface area contributed by atoms with Crippen molar-refractivity contribution in [1.29, 1.82) is 0 Å². The third-order valence-corrected chi connectivity index (χ3v) is 9.22. The van der Waals surface area contributed by atoms with Gasteiger partial charge in [0, 0.05) is 29.3 Å². The fraction of sp³-hybridized carbons (Fsp3) is 0.560. The highest BCUT2D eigenvalue weighted by Gasteiger charge is 2.58. The van der Waals surface area contributed by atoms with Gasteiger partial charge in [-0.25, -0.2) is 4.98 Å². The van der Waals surface area contributed by atoms with E-state index in [4.69, 9.17) is 5.73 Å². The topological polar surface area (TPSA) is 105 Å². The van der Waals surface area contributed by atoms with Crippen molar-refractivity contribution in [2.45, 2.75) is 64.7 Å². The molecular formula is C25H31N3O3S. The normalized spacial score (nSPS) is 31.0. The molecule has 0 saturated heterocycles. The van der Waals surface area contributed by atoms with Gasteiger partial charge in [-0.15, -0.1) is 11.3 Å². The van der Waals surface area contributed by atoms with Crippen molar-refractivity contribution in [2.24, 2.45) is 23.2 Å². The number of phenolic OH excluding ortho intramolecular Hbond substituents is 1. The van der Waals surface area contributed by atoms with Gasteiger partial charge in [0.05, 0.1) is 5.69 Å². The number of Topliss-reactive ketones (excluding diaryl/α,β-unsaturated/α-hetero) is 1. The molecule has 2 aromatic rings. The zero-order chi connectivity index (χ0) is 22.6. The predicted molar refractivity (Wildman–Crippen MR) is 126 cm³/mol. The van der Waals surface area contributed by atoms with Crippen molar-refractivity contribution >= 4 is 33.8 Å². The minimum absolute atomic E-state index is 0.0231. The van der Waals surface area contributed by atoms with Gasteiger partial charge in [0.25, 0.3) is 0 Å². The van der Waals surface area contributed by atoms with Crippen LogP contribution in [0, 0.1) is 30.1 Å². The number of phenols is 1. The summed E-state index contributed by atoms with van der Waals surface area (Å²) in [5, 5.41) is 13.6. The summed E-state index contributed by atoms with van der Waals surface area (Å²) < 4.78 is 0. The van der Waals surface area contributed by atoms with Crippen LogP contribution in [0.5, 0.6) is 5.75 Å². The van der Waals surface area contributed by atoms with Gasteiger partial charge in [0.15, 0.2) is 5.13 Å². The maximum absolute atomic E-state index is 13.1. The Kier molecular flexibility index (Phi) is 5.27. The monoisotopic (exact) mass is 453 g/mol. The van der Waals surface area contributed by atoms with E-state index in [0.29, 0.717) is 47.2 Å². The molecule has 2 fully saturated rings. The molecular weight excluding hydrogens is 422 g/mol. The van der Waals surface area contributed by atoms with Crippen LogP contribution in [0.1, 0.15) is 67.4 Å². The van der Waals surface area contributed by atoms with E-state index in [1.807, 2.05) is 13.0 Å². The van der Waals surface area contributed by atoms with Crippen LogP contribution >= 0.6 is 11.3 Å². The van der Waals surface area contributed by atoms with Gasteiger partial charge >= 0.3 is 0 Å². The van der Waals surface area contributed by atoms with Crippen molar-refractivity contribution in [3.05, 3.63) is 34.3 Å². The third-order valence-electron chi connectivity index (χ3n) is 8.39. The number of aromatic hydroxyl groups is 1. The Morgan fingerprint density at radius 3 is 2.94 bits per heavy atom. The van der Waals surface area contributed by atoms with E-state index in [1.54, 1.807) is 12.3 Å². The van der Waals surface area contributed by atoms with Crippen LogP contribution in [0.2, 0.25) is 0 Å². The quantitative estimate of drug-likeness (QED) is 0.455. The molecule has 1 amide bonds. The first kappa shape index (κ1) is 21.4. The zero-order valence-electron chi connectivity index (χ0n) is 18.7. The molecule has 2 saturated carbocycles. The zero-order valence-corrected chi connectivity index (χ0v) is 19.5. The number of carbonyl (C=O) groups excluding carboxylic acids is 2. The third kappa shape index (κ3) is 3.41. The van der Waals surface area contributed by atoms with Gasteiger partial charge < -0.3 is 16.2 Å². The molecule has 32 heavy (non-hydrogen) atoms. The molecule has 1 heterocycles. The number of hydrogen-bond acceptors (Lipinski definition) is 6. The number of thiazole rings is 1. The van der Waals surface area contributed by atoms with Gasteiger partial charge in [-0.2, -0.15) is 0 Å². The number of nitrogen functional groups attached to an aromatic ring is 1. The van der Waals surface area contributed by atoms with Crippen LogP contribution in [0.15, 0.2) is 18.3 Å². The molecule has 5 rings (SSSR count). The number of nitrogens with one attached hydrogen (secondary N) is 1. The summed E-state index contributed by atoms with van der Waals surface area (Å²) in [5.74, 6) is 1.85. The van der Waals surface area contributed by atoms with Gasteiger partial charge in [-0.3, -0.25) is 9.59 Å². The summed E-state index contributed by atoms with van der Waals surface area (Å²) in [6, 6.07) is 3.75. The fourth-order valence-corrected chi connectivity index (χ4v) is 7.60. The summed E-state index contributed by atoms with van der Waals surface area (Å²) in [7, 11) is 0. The maximum atomic E-state index is 13.1. The van der Waals surface area contributed by atoms with E-state index >= 15 is 0 Å². The lowest BCUT2D eigenvalue weighted by atomic mass is 9.54. The van der Waals surface area contributed by atoms with Crippen molar-refractivity contribution in [3.63, 3.8) is 0 Å². The van der Waals surface area contributed by atoms with Crippen LogP contribution in [0.25, 0.3) is 0 Å². The number of nitrogens with two attached hydrogens (primary N) is 1. The summed E-state index contributed by atoms with van der Waals surface area (Å²) in [4.78, 5) is 31.0. The molecule has 0 bridgehead atoms. The van der Waals surface area contributed by atoms with Gasteiger partial charge in [0.1, 0.15) is 11.5 Å². The molecule has 7 heteroatoms. The number of anilines is 2. The molecule has 170 valence electrons. The number of carbonyl (C=O) groups is 2. The molecule has 5 atom stereocenters. The van der Waals surface area contributed by atoms with Crippen molar-refractivity contribution < 1.29 is 14.7 Å². The van der Waals surface area contributed by atoms with E-state index in [-0.39, 0.29) is 23.0 Å². The van der Waals surface area contributed by atoms with Crippen molar-refractivity contribution in [2.75, 3.05) is 11.1 Å². The van der Waals surface area contributed by atoms with Crippen LogP contribution in [0.3, 0.4) is 0 Å². The highest BCUT2D eigenvalue weighted by molar-refractivity contribution is 7.15. The molecule has 3 aliphatic rings. The second-order valence-electron chi connectivity index (χ2n) is 10.1. The van der Waals surface area contributed by atoms with Crippen LogP contribution in [0.4, 0.5) is 10.8 Å². The summed E-state index contributed by atoms with van der Waals surface area (Å²) in [6.07, 6.45) is 7.19. The first-order valence-corrected chi connectivity index (χ1v) is 12.5. The molecule has 1 aromatic carbocycles. The largest absolute Gasteiger partial charge is 0.506 e. The van der Waals surface area contributed by atoms with Gasteiger partial charge in [0.2, 0.25) is 5.91 Å². The van der Waals surface area contributed by atoms with Crippen LogP contribution in [-0.2, 0) is 16.0 Å². The average molecular weight is 454 g/mol. The minimum atomic E-state index is -0.283. The number of rotatable bonds is 4. The van der Waals surface area contributed by atoms with Crippen molar-refractivity contribution in [1.82, 2.24) is 4.98 Å². The predicted octanol–water partition coefficient (Wildman–Crippen LogP) is 4.81. The number of fused-ring (bicyclic) bond motifs is 5. The van der Waals surface area contributed by atoms with E-state index in [9.17, 15) is 14.7 Å². The number of nitrogens with zero attached hydrogens (tertiary/aromatic N) is 1. The standard InChI is InChI=1S/C25H31N3O3S/c1-13-12-27-24(32-13)28-21(31)8-3-14-11-20(30)25(2)10-9-16-15-6-7-19(29)23(26)18(15)5-4-17(16)22(14)25/h6-7,12,14,16-17,22,29H,3-5,8-11,26H2,1-2H3,(H,27,28,31)/t14-,16?,17?,22?,25-/m1/s1. The van der Waals surface area contributed by atoms with Crippen LogP contribution in [-0.4, -0.2) is 21.8 Å². The Morgan fingerprint density at radius 1 is 1.38 bits per heavy atom. The molecule has 1 aromatic heterocycles. The van der Waals surface area contributed by atoms with E-state index in [2.05, 4.69) is 17.2 Å². The Morgan fingerprint density at radius 2 is 2.19 bits per heavy atom. The van der Waals surface area contributed by atoms with E-state index in [0.717, 1.165) is 42.5 Å². The Balaban J connectivity index is 1.35. The van der Waals surface area contributed by atoms with Gasteiger partial charge in [-0.05, 0) is 79.9 Å². The Hall–Kier alpha value is -2.41. The Labute approximate surface area is 192 Å². The minimum Gasteiger partial charge on any atom is -0.506 e. The smallest absolute Gasteiger partial charge is 0.226 e. The SMILES string of the molecule is Cc1cnc(NC(=O)CC[C@@H]2CC(=O)[C@@]3(C)CCC4c5ccc(O)c(N)c5CCC4C23)s1. The molecule has 0 spiro atoms. The number of amides is 1. The second kappa shape index (κ2) is 7.87. The highest BCUT2D eigenvalue weighted by Crippen LogP contribution is 2.62.